The van der Waals surface area contributed by atoms with E-state index < -0.39 is 0 Å². The summed E-state index contributed by atoms with van der Waals surface area (Å²) < 4.78 is 2.31. The minimum Gasteiger partial charge on any atom is -0.338 e. The lowest BCUT2D eigenvalue weighted by Gasteiger charge is -2.38. The molecular formula is C30H30N6O. The molecule has 4 heterocycles. The van der Waals surface area contributed by atoms with Crippen molar-refractivity contribution in [1.29, 1.82) is 0 Å². The molecule has 0 radical (unpaired) electrons. The van der Waals surface area contributed by atoms with Crippen LogP contribution in [0.25, 0.3) is 22.2 Å². The SMILES string of the molecule is CC#Cc1cccc(C=O)c1C1CC(N(C)C)c2nc3ccc(-c4cnc(N5CCC5C)nc4)cc3n21. The number of aldehydes is 1. The summed E-state index contributed by atoms with van der Waals surface area (Å²) in [5.74, 6) is 8.05. The van der Waals surface area contributed by atoms with Crippen LogP contribution in [0.4, 0.5) is 5.95 Å². The highest BCUT2D eigenvalue weighted by molar-refractivity contribution is 5.84. The first-order chi connectivity index (χ1) is 18.0. The standard InChI is InChI=1S/C30H30N6O/c1-5-7-20-8-6-9-22(18-37)28(20)26-15-27(34(3)4)29-33-24-11-10-21(14-25(24)36(26)29)23-16-31-30(32-17-23)35-13-12-19(35)2/h6,8-11,14,16-19,26-27H,12-13,15H2,1-4H3. The Morgan fingerprint density at radius 3 is 2.57 bits per heavy atom. The molecule has 186 valence electrons. The number of benzene rings is 2. The molecule has 6 rings (SSSR count). The van der Waals surface area contributed by atoms with Gasteiger partial charge in [0.1, 0.15) is 12.1 Å². The first-order valence-electron chi connectivity index (χ1n) is 12.8. The van der Waals surface area contributed by atoms with Crippen molar-refractivity contribution in [3.63, 3.8) is 0 Å². The van der Waals surface area contributed by atoms with Crippen molar-refractivity contribution in [3.05, 3.63) is 71.3 Å². The highest BCUT2D eigenvalue weighted by atomic mass is 16.1. The summed E-state index contributed by atoms with van der Waals surface area (Å²) in [6, 6.07) is 12.7. The van der Waals surface area contributed by atoms with Gasteiger partial charge in [0.15, 0.2) is 0 Å². The summed E-state index contributed by atoms with van der Waals surface area (Å²) in [7, 11) is 4.16. The van der Waals surface area contributed by atoms with E-state index in [4.69, 9.17) is 4.98 Å². The molecule has 0 amide bonds. The van der Waals surface area contributed by atoms with Gasteiger partial charge >= 0.3 is 0 Å². The van der Waals surface area contributed by atoms with Crippen molar-refractivity contribution in [2.24, 2.45) is 0 Å². The number of carbonyl (C=O) groups is 1. The van der Waals surface area contributed by atoms with Crippen molar-refractivity contribution in [1.82, 2.24) is 24.4 Å². The Bertz CT molecular complexity index is 1560. The summed E-state index contributed by atoms with van der Waals surface area (Å²) >= 11 is 0. The molecule has 2 aliphatic heterocycles. The number of imidazole rings is 1. The maximum absolute atomic E-state index is 12.1. The predicted molar refractivity (Wildman–Crippen MR) is 146 cm³/mol. The van der Waals surface area contributed by atoms with Crippen molar-refractivity contribution in [2.75, 3.05) is 25.5 Å². The molecule has 7 heteroatoms. The zero-order chi connectivity index (χ0) is 25.7. The highest BCUT2D eigenvalue weighted by Crippen LogP contribution is 2.45. The van der Waals surface area contributed by atoms with E-state index in [1.807, 2.05) is 37.5 Å². The monoisotopic (exact) mass is 490 g/mol. The number of hydrogen-bond acceptors (Lipinski definition) is 6. The van der Waals surface area contributed by atoms with Gasteiger partial charge < -0.3 is 9.47 Å². The molecule has 0 aliphatic carbocycles. The van der Waals surface area contributed by atoms with Gasteiger partial charge in [0.25, 0.3) is 0 Å². The van der Waals surface area contributed by atoms with Gasteiger partial charge in [-0.1, -0.05) is 24.1 Å². The highest BCUT2D eigenvalue weighted by Gasteiger charge is 2.38. The van der Waals surface area contributed by atoms with Crippen LogP contribution in [0.5, 0.6) is 0 Å². The average Bonchev–Trinajstić information content (AvgIpc) is 3.45. The molecule has 1 saturated heterocycles. The summed E-state index contributed by atoms with van der Waals surface area (Å²) in [6.07, 6.45) is 6.77. The van der Waals surface area contributed by atoms with E-state index in [1.165, 1.54) is 6.42 Å². The second-order valence-electron chi connectivity index (χ2n) is 10.2. The summed E-state index contributed by atoms with van der Waals surface area (Å²) in [4.78, 5) is 30.9. The van der Waals surface area contributed by atoms with E-state index in [2.05, 4.69) is 75.4 Å². The second-order valence-corrected chi connectivity index (χ2v) is 10.2. The number of hydrogen-bond donors (Lipinski definition) is 0. The van der Waals surface area contributed by atoms with Crippen LogP contribution in [-0.4, -0.2) is 57.4 Å². The second kappa shape index (κ2) is 9.13. The Labute approximate surface area is 217 Å². The van der Waals surface area contributed by atoms with Gasteiger partial charge in [-0.25, -0.2) is 15.0 Å². The minimum absolute atomic E-state index is 0.0496. The quantitative estimate of drug-likeness (QED) is 0.294. The number of fused-ring (bicyclic) bond motifs is 3. The molecular weight excluding hydrogens is 460 g/mol. The van der Waals surface area contributed by atoms with Crippen molar-refractivity contribution < 1.29 is 4.79 Å². The van der Waals surface area contributed by atoms with Crippen LogP contribution in [0.15, 0.2) is 48.8 Å². The lowest BCUT2D eigenvalue weighted by Crippen LogP contribution is -2.46. The Morgan fingerprint density at radius 2 is 1.92 bits per heavy atom. The largest absolute Gasteiger partial charge is 0.338 e. The van der Waals surface area contributed by atoms with Gasteiger partial charge in [-0.2, -0.15) is 0 Å². The summed E-state index contributed by atoms with van der Waals surface area (Å²) in [6.45, 7) is 5.04. The summed E-state index contributed by atoms with van der Waals surface area (Å²) in [5, 5.41) is 0. The number of nitrogens with zero attached hydrogens (tertiary/aromatic N) is 6. The fraction of sp³-hybridized carbons (Fsp3) is 0.333. The minimum atomic E-state index is -0.0496. The predicted octanol–water partition coefficient (Wildman–Crippen LogP) is 4.87. The maximum Gasteiger partial charge on any atom is 0.225 e. The zero-order valence-corrected chi connectivity index (χ0v) is 21.6. The molecule has 2 aliphatic rings. The van der Waals surface area contributed by atoms with Gasteiger partial charge in [0, 0.05) is 47.2 Å². The van der Waals surface area contributed by atoms with E-state index in [0.717, 1.165) is 64.3 Å². The number of carbonyl (C=O) groups excluding carboxylic acids is 1. The molecule has 3 unspecified atom stereocenters. The zero-order valence-electron chi connectivity index (χ0n) is 21.6. The van der Waals surface area contributed by atoms with E-state index >= 15 is 0 Å². The van der Waals surface area contributed by atoms with Gasteiger partial charge in [0.05, 0.1) is 23.1 Å². The topological polar surface area (TPSA) is 67.2 Å². The average molecular weight is 491 g/mol. The molecule has 0 saturated carbocycles. The molecule has 37 heavy (non-hydrogen) atoms. The third-order valence-electron chi connectivity index (χ3n) is 7.80. The van der Waals surface area contributed by atoms with Gasteiger partial charge in [-0.15, -0.1) is 5.92 Å². The first kappa shape index (κ1) is 23.4. The van der Waals surface area contributed by atoms with Crippen LogP contribution >= 0.6 is 0 Å². The van der Waals surface area contributed by atoms with Crippen LogP contribution < -0.4 is 4.90 Å². The van der Waals surface area contributed by atoms with Gasteiger partial charge in [-0.05, 0) is 64.5 Å². The third kappa shape index (κ3) is 3.80. The number of aromatic nitrogens is 4. The van der Waals surface area contributed by atoms with Crippen LogP contribution in [0.3, 0.4) is 0 Å². The van der Waals surface area contributed by atoms with Crippen molar-refractivity contribution in [2.45, 2.75) is 44.8 Å². The van der Waals surface area contributed by atoms with Crippen LogP contribution in [-0.2, 0) is 0 Å². The summed E-state index contributed by atoms with van der Waals surface area (Å²) in [5.41, 5.74) is 6.54. The molecule has 2 aromatic carbocycles. The maximum atomic E-state index is 12.1. The van der Waals surface area contributed by atoms with Gasteiger partial charge in [0.2, 0.25) is 5.95 Å². The normalized spacial score (nSPS) is 20.5. The fourth-order valence-corrected chi connectivity index (χ4v) is 5.70. The number of anilines is 1. The van der Waals surface area contributed by atoms with Crippen LogP contribution in [0.1, 0.15) is 66.1 Å². The Kier molecular flexibility index (Phi) is 5.77. The Balaban J connectivity index is 1.49. The van der Waals surface area contributed by atoms with E-state index in [1.54, 1.807) is 0 Å². The lowest BCUT2D eigenvalue weighted by atomic mass is 9.92. The number of rotatable bonds is 5. The van der Waals surface area contributed by atoms with E-state index in [9.17, 15) is 4.79 Å². The lowest BCUT2D eigenvalue weighted by molar-refractivity contribution is 0.112. The molecule has 7 nitrogen and oxygen atoms in total. The van der Waals surface area contributed by atoms with E-state index in [-0.39, 0.29) is 12.1 Å². The van der Waals surface area contributed by atoms with Crippen molar-refractivity contribution >= 4 is 23.3 Å². The van der Waals surface area contributed by atoms with Gasteiger partial charge in [-0.3, -0.25) is 9.69 Å². The van der Waals surface area contributed by atoms with E-state index in [0.29, 0.717) is 11.6 Å². The molecule has 4 aromatic rings. The molecule has 0 spiro atoms. The van der Waals surface area contributed by atoms with Crippen LogP contribution in [0.2, 0.25) is 0 Å². The van der Waals surface area contributed by atoms with Crippen molar-refractivity contribution in [3.8, 4) is 23.0 Å². The molecule has 0 bridgehead atoms. The third-order valence-corrected chi connectivity index (χ3v) is 7.80. The first-order valence-corrected chi connectivity index (χ1v) is 12.8. The molecule has 3 atom stereocenters. The Hall–Kier alpha value is -4.02. The fourth-order valence-electron chi connectivity index (χ4n) is 5.70. The Morgan fingerprint density at radius 1 is 1.11 bits per heavy atom. The molecule has 1 fully saturated rings. The smallest absolute Gasteiger partial charge is 0.225 e. The van der Waals surface area contributed by atoms with Crippen LogP contribution in [0, 0.1) is 11.8 Å². The molecule has 0 N–H and O–H groups in total. The molecule has 2 aromatic heterocycles.